The van der Waals surface area contributed by atoms with Crippen LogP contribution in [0.3, 0.4) is 0 Å². The fraction of sp³-hybridized carbons (Fsp3) is 0.667. The molecule has 2 aliphatic rings. The molecule has 1 heterocycles. The summed E-state index contributed by atoms with van der Waals surface area (Å²) in [7, 11) is 3.15. The molecule has 0 aromatic heterocycles. The zero-order valence-electron chi connectivity index (χ0n) is 16.0. The van der Waals surface area contributed by atoms with Gasteiger partial charge in [-0.3, -0.25) is 4.79 Å². The van der Waals surface area contributed by atoms with Gasteiger partial charge in [-0.05, 0) is 61.6 Å². The molecule has 0 spiro atoms. The van der Waals surface area contributed by atoms with Crippen molar-refractivity contribution in [1.82, 2.24) is 4.90 Å². The van der Waals surface area contributed by atoms with Crippen LogP contribution >= 0.6 is 11.8 Å². The molecular formula is C21H31NO3S. The minimum absolute atomic E-state index is 0.141. The molecule has 0 radical (unpaired) electrons. The quantitative estimate of drug-likeness (QED) is 0.533. The van der Waals surface area contributed by atoms with Gasteiger partial charge in [0.25, 0.3) is 0 Å². The summed E-state index contributed by atoms with van der Waals surface area (Å²) in [6.07, 6.45) is 7.22. The van der Waals surface area contributed by atoms with Crippen molar-refractivity contribution in [2.24, 2.45) is 5.92 Å². The Labute approximate surface area is 161 Å². The van der Waals surface area contributed by atoms with E-state index in [1.54, 1.807) is 25.3 Å². The van der Waals surface area contributed by atoms with Crippen molar-refractivity contribution in [2.75, 3.05) is 33.1 Å². The summed E-state index contributed by atoms with van der Waals surface area (Å²) in [4.78, 5) is 15.8. The first-order chi connectivity index (χ1) is 12.7. The van der Waals surface area contributed by atoms with E-state index in [9.17, 15) is 4.79 Å². The lowest BCUT2D eigenvalue weighted by atomic mass is 9.92. The highest BCUT2D eigenvalue weighted by molar-refractivity contribution is 7.99. The molecule has 0 unspecified atom stereocenters. The maximum atomic E-state index is 12.3. The van der Waals surface area contributed by atoms with Crippen molar-refractivity contribution in [3.8, 4) is 0 Å². The van der Waals surface area contributed by atoms with E-state index in [0.717, 1.165) is 31.7 Å². The van der Waals surface area contributed by atoms with Crippen LogP contribution in [0.5, 0.6) is 0 Å². The van der Waals surface area contributed by atoms with Gasteiger partial charge in [-0.1, -0.05) is 12.1 Å². The first kappa shape index (κ1) is 19.7. The molecule has 144 valence electrons. The van der Waals surface area contributed by atoms with Crippen molar-refractivity contribution in [2.45, 2.75) is 56.1 Å². The largest absolute Gasteiger partial charge is 0.355 e. The van der Waals surface area contributed by atoms with Gasteiger partial charge in [-0.15, -0.1) is 11.8 Å². The van der Waals surface area contributed by atoms with Crippen LogP contribution in [-0.2, 0) is 27.1 Å². The normalized spacial score (nSPS) is 18.2. The zero-order valence-corrected chi connectivity index (χ0v) is 16.9. The Bertz CT molecular complexity index is 595. The van der Waals surface area contributed by atoms with Crippen LogP contribution < -0.4 is 0 Å². The lowest BCUT2D eigenvalue weighted by Gasteiger charge is -2.32. The number of thioether (sulfide) groups is 1. The van der Waals surface area contributed by atoms with E-state index in [0.29, 0.717) is 12.3 Å². The molecule has 4 nitrogen and oxygen atoms in total. The third-order valence-electron chi connectivity index (χ3n) is 5.66. The van der Waals surface area contributed by atoms with Gasteiger partial charge in [0.2, 0.25) is 5.91 Å². The summed E-state index contributed by atoms with van der Waals surface area (Å²) in [5.41, 5.74) is 3.16. The Morgan fingerprint density at radius 1 is 1.19 bits per heavy atom. The van der Waals surface area contributed by atoms with Crippen LogP contribution in [0, 0.1) is 5.92 Å². The van der Waals surface area contributed by atoms with Crippen LogP contribution in [0.2, 0.25) is 0 Å². The number of nitrogens with zero attached hydrogens (tertiary/aromatic N) is 1. The van der Waals surface area contributed by atoms with Gasteiger partial charge in [0.15, 0.2) is 6.29 Å². The highest BCUT2D eigenvalue weighted by Gasteiger charge is 2.25. The Morgan fingerprint density at radius 2 is 1.92 bits per heavy atom. The number of piperidine rings is 1. The van der Waals surface area contributed by atoms with Gasteiger partial charge in [-0.25, -0.2) is 0 Å². The second-order valence-electron chi connectivity index (χ2n) is 7.34. The number of carbonyl (C=O) groups excluding carboxylic acids is 1. The number of benzene rings is 1. The fourth-order valence-corrected chi connectivity index (χ4v) is 5.30. The molecule has 1 aromatic rings. The van der Waals surface area contributed by atoms with Gasteiger partial charge >= 0.3 is 0 Å². The average Bonchev–Trinajstić information content (AvgIpc) is 2.70. The van der Waals surface area contributed by atoms with Crippen LogP contribution in [0.15, 0.2) is 23.1 Å². The average molecular weight is 378 g/mol. The number of methoxy groups -OCH3 is 2. The number of ether oxygens (including phenoxy) is 2. The lowest BCUT2D eigenvalue weighted by molar-refractivity contribution is -0.149. The summed E-state index contributed by atoms with van der Waals surface area (Å²) >= 11 is 2.03. The van der Waals surface area contributed by atoms with Gasteiger partial charge in [0, 0.05) is 38.0 Å². The van der Waals surface area contributed by atoms with Crippen LogP contribution in [0.4, 0.5) is 0 Å². The first-order valence-electron chi connectivity index (χ1n) is 9.78. The summed E-state index contributed by atoms with van der Waals surface area (Å²) in [5, 5.41) is 0. The Balaban J connectivity index is 1.45. The molecule has 5 heteroatoms. The number of amides is 1. The number of carbonyl (C=O) groups is 1. The van der Waals surface area contributed by atoms with E-state index < -0.39 is 6.29 Å². The monoisotopic (exact) mass is 377 g/mol. The first-order valence-corrected chi connectivity index (χ1v) is 10.8. The maximum absolute atomic E-state index is 12.3. The van der Waals surface area contributed by atoms with Crippen molar-refractivity contribution in [3.63, 3.8) is 0 Å². The zero-order chi connectivity index (χ0) is 18.4. The lowest BCUT2D eigenvalue weighted by Crippen LogP contribution is -2.40. The second kappa shape index (κ2) is 9.77. The highest BCUT2D eigenvalue weighted by atomic mass is 32.2. The predicted molar refractivity (Wildman–Crippen MR) is 106 cm³/mol. The molecule has 0 N–H and O–H groups in total. The summed E-state index contributed by atoms with van der Waals surface area (Å²) in [6.45, 7) is 1.72. The van der Waals surface area contributed by atoms with E-state index in [2.05, 4.69) is 18.2 Å². The minimum Gasteiger partial charge on any atom is -0.355 e. The van der Waals surface area contributed by atoms with Crippen molar-refractivity contribution >= 4 is 17.7 Å². The van der Waals surface area contributed by atoms with E-state index in [1.165, 1.54) is 30.6 Å². The van der Waals surface area contributed by atoms with Gasteiger partial charge in [-0.2, -0.15) is 0 Å². The third-order valence-corrected chi connectivity index (χ3v) is 6.99. The molecule has 0 bridgehead atoms. The van der Waals surface area contributed by atoms with Gasteiger partial charge < -0.3 is 14.4 Å². The van der Waals surface area contributed by atoms with Crippen LogP contribution in [0.25, 0.3) is 0 Å². The number of fused-ring (bicyclic) bond motifs is 1. The number of hydrogen-bond acceptors (Lipinski definition) is 4. The van der Waals surface area contributed by atoms with E-state index in [-0.39, 0.29) is 5.91 Å². The standard InChI is InChI=1S/C21H31NO3S/c1-24-21(25-2)14-20(23)22-12-10-16(11-13-22)15-26-19-9-5-7-17-6-3-4-8-18(17)19/h5,7,9,16,21H,3-4,6,8,10-15H2,1-2H3. The summed E-state index contributed by atoms with van der Waals surface area (Å²) < 4.78 is 10.3. The second-order valence-corrected chi connectivity index (χ2v) is 8.40. The molecule has 3 rings (SSSR count). The number of aryl methyl sites for hydroxylation is 1. The van der Waals surface area contributed by atoms with Gasteiger partial charge in [0.05, 0.1) is 6.42 Å². The molecule has 1 fully saturated rings. The maximum Gasteiger partial charge on any atom is 0.227 e. The number of likely N-dealkylation sites (tertiary alicyclic amines) is 1. The Morgan fingerprint density at radius 3 is 2.65 bits per heavy atom. The third kappa shape index (κ3) is 5.02. The predicted octanol–water partition coefficient (Wildman–Crippen LogP) is 3.91. The van der Waals surface area contributed by atoms with Crippen molar-refractivity contribution in [3.05, 3.63) is 29.3 Å². The van der Waals surface area contributed by atoms with Crippen molar-refractivity contribution < 1.29 is 14.3 Å². The Kier molecular flexibility index (Phi) is 7.41. The molecule has 1 aliphatic carbocycles. The topological polar surface area (TPSA) is 38.8 Å². The fourth-order valence-electron chi connectivity index (χ4n) is 3.97. The SMILES string of the molecule is COC(CC(=O)N1CCC(CSc2cccc3c2CCCC3)CC1)OC. The summed E-state index contributed by atoms with van der Waals surface area (Å²) in [6, 6.07) is 6.81. The van der Waals surface area contributed by atoms with Crippen LogP contribution in [-0.4, -0.2) is 50.2 Å². The van der Waals surface area contributed by atoms with Crippen LogP contribution in [0.1, 0.15) is 43.2 Å². The molecular weight excluding hydrogens is 346 g/mol. The molecule has 0 atom stereocenters. The molecule has 0 saturated carbocycles. The van der Waals surface area contributed by atoms with Crippen molar-refractivity contribution in [1.29, 1.82) is 0 Å². The van der Waals surface area contributed by atoms with E-state index >= 15 is 0 Å². The smallest absolute Gasteiger partial charge is 0.227 e. The highest BCUT2D eigenvalue weighted by Crippen LogP contribution is 2.33. The van der Waals surface area contributed by atoms with E-state index in [1.807, 2.05) is 16.7 Å². The Hall–Kier alpha value is -1.04. The minimum atomic E-state index is -0.431. The van der Waals surface area contributed by atoms with Gasteiger partial charge in [0.1, 0.15) is 0 Å². The number of rotatable bonds is 7. The molecule has 1 aromatic carbocycles. The molecule has 26 heavy (non-hydrogen) atoms. The number of hydrogen-bond donors (Lipinski definition) is 0. The van der Waals surface area contributed by atoms with E-state index in [4.69, 9.17) is 9.47 Å². The molecule has 1 aliphatic heterocycles. The molecule has 1 saturated heterocycles. The molecule has 1 amide bonds. The summed E-state index contributed by atoms with van der Waals surface area (Å²) in [5.74, 6) is 2.00.